The van der Waals surface area contributed by atoms with Crippen LogP contribution in [0.25, 0.3) is 6.08 Å². The van der Waals surface area contributed by atoms with Crippen molar-refractivity contribution < 1.29 is 14.5 Å². The average molecular weight is 264 g/mol. The van der Waals surface area contributed by atoms with E-state index in [4.69, 9.17) is 4.74 Å². The van der Waals surface area contributed by atoms with Gasteiger partial charge in [-0.3, -0.25) is 14.9 Å². The van der Waals surface area contributed by atoms with Crippen molar-refractivity contribution in [2.75, 3.05) is 13.7 Å². The van der Waals surface area contributed by atoms with Gasteiger partial charge in [0.15, 0.2) is 5.75 Å². The topological polar surface area (TPSA) is 81.5 Å². The summed E-state index contributed by atoms with van der Waals surface area (Å²) in [6.45, 7) is 2.00. The SMILES string of the molecule is COc1ccc(C=CCCNC(C)=O)cc1[N+](=O)[O-]. The van der Waals surface area contributed by atoms with E-state index in [0.29, 0.717) is 13.0 Å². The lowest BCUT2D eigenvalue weighted by molar-refractivity contribution is -0.385. The van der Waals surface area contributed by atoms with Crippen LogP contribution in [-0.2, 0) is 4.79 Å². The van der Waals surface area contributed by atoms with Crippen molar-refractivity contribution in [2.45, 2.75) is 13.3 Å². The van der Waals surface area contributed by atoms with E-state index in [1.165, 1.54) is 20.1 Å². The molecule has 0 aliphatic rings. The zero-order valence-corrected chi connectivity index (χ0v) is 10.9. The molecular weight excluding hydrogens is 248 g/mol. The van der Waals surface area contributed by atoms with Crippen molar-refractivity contribution in [1.29, 1.82) is 0 Å². The second-order valence-electron chi connectivity index (χ2n) is 3.86. The number of amides is 1. The number of methoxy groups -OCH3 is 1. The van der Waals surface area contributed by atoms with Crippen LogP contribution in [-0.4, -0.2) is 24.5 Å². The predicted octanol–water partition coefficient (Wildman–Crippen LogP) is 2.14. The summed E-state index contributed by atoms with van der Waals surface area (Å²) in [5.41, 5.74) is 0.654. The van der Waals surface area contributed by atoms with Crippen LogP contribution in [0, 0.1) is 10.1 Å². The Morgan fingerprint density at radius 2 is 2.26 bits per heavy atom. The minimum Gasteiger partial charge on any atom is -0.490 e. The number of benzene rings is 1. The first-order chi connectivity index (χ1) is 9.04. The Balaban J connectivity index is 2.69. The third-order valence-corrected chi connectivity index (χ3v) is 2.39. The third kappa shape index (κ3) is 4.79. The van der Waals surface area contributed by atoms with Crippen LogP contribution < -0.4 is 10.1 Å². The van der Waals surface area contributed by atoms with Crippen LogP contribution >= 0.6 is 0 Å². The second-order valence-corrected chi connectivity index (χ2v) is 3.86. The monoisotopic (exact) mass is 264 g/mol. The molecule has 1 N–H and O–H groups in total. The van der Waals surface area contributed by atoms with Gasteiger partial charge >= 0.3 is 5.69 Å². The van der Waals surface area contributed by atoms with Gasteiger partial charge < -0.3 is 10.1 Å². The van der Waals surface area contributed by atoms with E-state index in [9.17, 15) is 14.9 Å². The lowest BCUT2D eigenvalue weighted by Gasteiger charge is -2.02. The largest absolute Gasteiger partial charge is 0.490 e. The Morgan fingerprint density at radius 3 is 2.84 bits per heavy atom. The molecule has 0 aliphatic carbocycles. The lowest BCUT2D eigenvalue weighted by atomic mass is 10.1. The number of carbonyl (C=O) groups excluding carboxylic acids is 1. The predicted molar refractivity (Wildman–Crippen MR) is 72.0 cm³/mol. The van der Waals surface area contributed by atoms with Gasteiger partial charge in [0.2, 0.25) is 5.91 Å². The first-order valence-electron chi connectivity index (χ1n) is 5.78. The van der Waals surface area contributed by atoms with Crippen molar-refractivity contribution >= 4 is 17.7 Å². The highest BCUT2D eigenvalue weighted by Crippen LogP contribution is 2.27. The zero-order valence-electron chi connectivity index (χ0n) is 10.9. The number of hydrogen-bond acceptors (Lipinski definition) is 4. The van der Waals surface area contributed by atoms with Gasteiger partial charge in [-0.15, -0.1) is 0 Å². The molecule has 0 aromatic heterocycles. The van der Waals surface area contributed by atoms with Crippen molar-refractivity contribution in [3.05, 3.63) is 40.0 Å². The fourth-order valence-corrected chi connectivity index (χ4v) is 1.50. The summed E-state index contributed by atoms with van der Waals surface area (Å²) in [6.07, 6.45) is 4.29. The molecule has 0 spiro atoms. The highest BCUT2D eigenvalue weighted by atomic mass is 16.6. The van der Waals surface area contributed by atoms with Gasteiger partial charge in [0, 0.05) is 19.5 Å². The van der Waals surface area contributed by atoms with Gasteiger partial charge in [0.25, 0.3) is 0 Å². The van der Waals surface area contributed by atoms with Gasteiger partial charge in [-0.05, 0) is 18.1 Å². The molecule has 0 atom stereocenters. The Hall–Kier alpha value is -2.37. The van der Waals surface area contributed by atoms with E-state index in [2.05, 4.69) is 5.32 Å². The fraction of sp³-hybridized carbons (Fsp3) is 0.308. The molecule has 19 heavy (non-hydrogen) atoms. The van der Waals surface area contributed by atoms with E-state index in [-0.39, 0.29) is 17.3 Å². The van der Waals surface area contributed by atoms with Crippen molar-refractivity contribution in [3.8, 4) is 5.75 Å². The van der Waals surface area contributed by atoms with Gasteiger partial charge in [-0.25, -0.2) is 0 Å². The lowest BCUT2D eigenvalue weighted by Crippen LogP contribution is -2.20. The number of carbonyl (C=O) groups is 1. The fourth-order valence-electron chi connectivity index (χ4n) is 1.50. The van der Waals surface area contributed by atoms with E-state index in [0.717, 1.165) is 5.56 Å². The summed E-state index contributed by atoms with van der Waals surface area (Å²) in [6, 6.07) is 4.75. The van der Waals surface area contributed by atoms with Gasteiger partial charge in [-0.1, -0.05) is 18.2 Å². The molecule has 0 unspecified atom stereocenters. The second kappa shape index (κ2) is 7.15. The third-order valence-electron chi connectivity index (χ3n) is 2.39. The molecule has 0 bridgehead atoms. The number of ether oxygens (including phenoxy) is 1. The number of nitro groups is 1. The van der Waals surface area contributed by atoms with E-state index in [1.807, 2.05) is 6.08 Å². The van der Waals surface area contributed by atoms with Gasteiger partial charge in [0.05, 0.1) is 12.0 Å². The summed E-state index contributed by atoms with van der Waals surface area (Å²) in [5.74, 6) is 0.161. The molecule has 1 amide bonds. The molecule has 6 heteroatoms. The molecule has 0 heterocycles. The first kappa shape index (κ1) is 14.7. The number of rotatable bonds is 6. The average Bonchev–Trinajstić information content (AvgIpc) is 2.37. The quantitative estimate of drug-likeness (QED) is 0.485. The van der Waals surface area contributed by atoms with Crippen LogP contribution in [0.15, 0.2) is 24.3 Å². The van der Waals surface area contributed by atoms with E-state index < -0.39 is 4.92 Å². The summed E-state index contributed by atoms with van der Waals surface area (Å²) < 4.78 is 4.92. The number of nitrogens with zero attached hydrogens (tertiary/aromatic N) is 1. The smallest absolute Gasteiger partial charge is 0.311 e. The Morgan fingerprint density at radius 1 is 1.53 bits per heavy atom. The summed E-state index contributed by atoms with van der Waals surface area (Å²) >= 11 is 0. The molecule has 0 fully saturated rings. The minimum atomic E-state index is -0.479. The Labute approximate surface area is 111 Å². The normalized spacial score (nSPS) is 10.4. The minimum absolute atomic E-state index is 0.0634. The molecule has 0 radical (unpaired) electrons. The molecule has 1 rings (SSSR count). The summed E-state index contributed by atoms with van der Waals surface area (Å²) in [7, 11) is 1.39. The Kier molecular flexibility index (Phi) is 5.53. The van der Waals surface area contributed by atoms with Crippen LogP contribution in [0.1, 0.15) is 18.9 Å². The number of nitro benzene ring substituents is 1. The molecule has 102 valence electrons. The molecular formula is C13H16N2O4. The highest BCUT2D eigenvalue weighted by Gasteiger charge is 2.13. The molecule has 0 aliphatic heterocycles. The highest BCUT2D eigenvalue weighted by molar-refractivity contribution is 5.72. The number of nitrogens with one attached hydrogen (secondary N) is 1. The molecule has 0 saturated carbocycles. The van der Waals surface area contributed by atoms with Crippen LogP contribution in [0.5, 0.6) is 5.75 Å². The molecule has 1 aromatic rings. The maximum absolute atomic E-state index is 10.8. The summed E-state index contributed by atoms with van der Waals surface area (Å²) in [5, 5.41) is 13.5. The van der Waals surface area contributed by atoms with E-state index >= 15 is 0 Å². The standard InChI is InChI=1S/C13H16N2O4/c1-10(16)14-8-4-3-5-11-6-7-13(19-2)12(9-11)15(17)18/h3,5-7,9H,4,8H2,1-2H3,(H,14,16). The zero-order chi connectivity index (χ0) is 14.3. The molecule has 6 nitrogen and oxygen atoms in total. The first-order valence-corrected chi connectivity index (χ1v) is 5.78. The Bertz CT molecular complexity index is 497. The van der Waals surface area contributed by atoms with Crippen molar-refractivity contribution in [3.63, 3.8) is 0 Å². The van der Waals surface area contributed by atoms with Crippen LogP contribution in [0.4, 0.5) is 5.69 Å². The van der Waals surface area contributed by atoms with Gasteiger partial charge in [0.1, 0.15) is 0 Å². The van der Waals surface area contributed by atoms with Gasteiger partial charge in [-0.2, -0.15) is 0 Å². The maximum atomic E-state index is 10.8. The maximum Gasteiger partial charge on any atom is 0.311 e. The van der Waals surface area contributed by atoms with Crippen LogP contribution in [0.3, 0.4) is 0 Å². The van der Waals surface area contributed by atoms with Crippen molar-refractivity contribution in [1.82, 2.24) is 5.32 Å². The molecule has 0 saturated heterocycles. The van der Waals surface area contributed by atoms with Crippen LogP contribution in [0.2, 0.25) is 0 Å². The molecule has 1 aromatic carbocycles. The van der Waals surface area contributed by atoms with E-state index in [1.54, 1.807) is 18.2 Å². The number of hydrogen-bond donors (Lipinski definition) is 1. The van der Waals surface area contributed by atoms with Crippen molar-refractivity contribution in [2.24, 2.45) is 0 Å². The summed E-state index contributed by atoms with van der Waals surface area (Å²) in [4.78, 5) is 21.0.